The maximum absolute atomic E-state index is 9.60. The highest BCUT2D eigenvalue weighted by Crippen LogP contribution is 2.37. The van der Waals surface area contributed by atoms with Crippen molar-refractivity contribution in [3.8, 4) is 17.6 Å². The predicted octanol–water partition coefficient (Wildman–Crippen LogP) is 2.49. The summed E-state index contributed by atoms with van der Waals surface area (Å²) in [5, 5.41) is 19.0. The monoisotopic (exact) mass is 205 g/mol. The Bertz CT molecular complexity index is 525. The van der Waals surface area contributed by atoms with Gasteiger partial charge in [0, 0.05) is 10.1 Å². The van der Waals surface area contributed by atoms with Crippen LogP contribution in [0.3, 0.4) is 0 Å². The molecule has 0 unspecified atom stereocenters. The third kappa shape index (κ3) is 1.19. The number of hydrogen-bond donors (Lipinski definition) is 1. The van der Waals surface area contributed by atoms with E-state index in [0.29, 0.717) is 10.3 Å². The molecule has 0 spiro atoms. The van der Waals surface area contributed by atoms with Gasteiger partial charge in [0.25, 0.3) is 0 Å². The molecule has 14 heavy (non-hydrogen) atoms. The van der Waals surface area contributed by atoms with Crippen LogP contribution in [0.5, 0.6) is 11.5 Å². The summed E-state index contributed by atoms with van der Waals surface area (Å²) >= 11 is 1.26. The van der Waals surface area contributed by atoms with Crippen LogP contribution >= 0.6 is 11.3 Å². The number of fused-ring (bicyclic) bond motifs is 1. The molecule has 1 aromatic heterocycles. The topological polar surface area (TPSA) is 53.2 Å². The highest BCUT2D eigenvalue weighted by atomic mass is 32.1. The molecule has 2 aromatic rings. The maximum atomic E-state index is 9.60. The Kier molecular flexibility index (Phi) is 2.02. The van der Waals surface area contributed by atoms with E-state index in [1.165, 1.54) is 11.3 Å². The predicted molar refractivity (Wildman–Crippen MR) is 54.8 cm³/mol. The molecule has 70 valence electrons. The Balaban J connectivity index is 2.74. The minimum Gasteiger partial charge on any atom is -0.505 e. The normalized spacial score (nSPS) is 10.0. The molecule has 0 fully saturated rings. The Labute approximate surface area is 84.8 Å². The van der Waals surface area contributed by atoms with Gasteiger partial charge in [-0.3, -0.25) is 0 Å². The van der Waals surface area contributed by atoms with Crippen molar-refractivity contribution in [1.29, 1.82) is 5.26 Å². The molecule has 1 aromatic carbocycles. The standard InChI is InChI=1S/C10H7NO2S/c1-13-6-2-3-7-8(4-6)14-9(5-11)10(7)12/h2-4,12H,1H3. The van der Waals surface area contributed by atoms with Crippen molar-refractivity contribution in [2.75, 3.05) is 7.11 Å². The van der Waals surface area contributed by atoms with Gasteiger partial charge in [-0.25, -0.2) is 0 Å². The third-order valence-corrected chi connectivity index (χ3v) is 3.02. The van der Waals surface area contributed by atoms with E-state index in [9.17, 15) is 5.11 Å². The first kappa shape index (κ1) is 8.85. The van der Waals surface area contributed by atoms with E-state index in [-0.39, 0.29) is 5.75 Å². The van der Waals surface area contributed by atoms with Crippen LogP contribution in [-0.4, -0.2) is 12.2 Å². The first-order chi connectivity index (χ1) is 6.76. The second-order valence-electron chi connectivity index (χ2n) is 2.75. The van der Waals surface area contributed by atoms with Gasteiger partial charge in [0.1, 0.15) is 16.7 Å². The number of ether oxygens (including phenoxy) is 1. The van der Waals surface area contributed by atoms with E-state index < -0.39 is 0 Å². The molecule has 0 aliphatic carbocycles. The zero-order valence-corrected chi connectivity index (χ0v) is 8.26. The SMILES string of the molecule is COc1ccc2c(O)c(C#N)sc2c1. The van der Waals surface area contributed by atoms with Gasteiger partial charge in [0.15, 0.2) is 5.75 Å². The molecule has 0 aliphatic rings. The number of nitrogens with zero attached hydrogens (tertiary/aromatic N) is 1. The van der Waals surface area contributed by atoms with Crippen molar-refractivity contribution in [3.05, 3.63) is 23.1 Å². The number of rotatable bonds is 1. The van der Waals surface area contributed by atoms with Gasteiger partial charge in [-0.05, 0) is 18.2 Å². The molecule has 3 nitrogen and oxygen atoms in total. The molecule has 0 aliphatic heterocycles. The summed E-state index contributed by atoms with van der Waals surface area (Å²) in [5.74, 6) is 0.790. The van der Waals surface area contributed by atoms with E-state index in [1.807, 2.05) is 6.07 Å². The zero-order valence-electron chi connectivity index (χ0n) is 7.44. The first-order valence-electron chi connectivity index (χ1n) is 3.96. The van der Waals surface area contributed by atoms with Crippen molar-refractivity contribution in [2.24, 2.45) is 0 Å². The Morgan fingerprint density at radius 2 is 2.29 bits per heavy atom. The molecule has 1 heterocycles. The molecule has 0 radical (unpaired) electrons. The van der Waals surface area contributed by atoms with Crippen LogP contribution in [0.1, 0.15) is 4.88 Å². The number of nitriles is 1. The van der Waals surface area contributed by atoms with Crippen LogP contribution in [0.2, 0.25) is 0 Å². The van der Waals surface area contributed by atoms with Crippen molar-refractivity contribution in [3.63, 3.8) is 0 Å². The molecule has 0 saturated heterocycles. The summed E-state index contributed by atoms with van der Waals surface area (Å²) in [6.45, 7) is 0. The summed E-state index contributed by atoms with van der Waals surface area (Å²) in [4.78, 5) is 0.341. The highest BCUT2D eigenvalue weighted by molar-refractivity contribution is 7.20. The van der Waals surface area contributed by atoms with E-state index >= 15 is 0 Å². The minimum absolute atomic E-state index is 0.0650. The van der Waals surface area contributed by atoms with Crippen molar-refractivity contribution < 1.29 is 9.84 Å². The average molecular weight is 205 g/mol. The second-order valence-corrected chi connectivity index (χ2v) is 3.81. The van der Waals surface area contributed by atoms with E-state index in [2.05, 4.69) is 0 Å². The van der Waals surface area contributed by atoms with Gasteiger partial charge in [0.05, 0.1) is 7.11 Å². The fourth-order valence-electron chi connectivity index (χ4n) is 1.27. The van der Waals surface area contributed by atoms with Crippen molar-refractivity contribution in [1.82, 2.24) is 0 Å². The Morgan fingerprint density at radius 3 is 2.93 bits per heavy atom. The fraction of sp³-hybridized carbons (Fsp3) is 0.100. The molecule has 4 heteroatoms. The van der Waals surface area contributed by atoms with Gasteiger partial charge in [0.2, 0.25) is 0 Å². The minimum atomic E-state index is 0.0650. The van der Waals surface area contributed by atoms with Crippen LogP contribution in [0.25, 0.3) is 10.1 Å². The van der Waals surface area contributed by atoms with Gasteiger partial charge in [-0.1, -0.05) is 0 Å². The molecule has 0 amide bonds. The quantitative estimate of drug-likeness (QED) is 0.778. The molecular weight excluding hydrogens is 198 g/mol. The van der Waals surface area contributed by atoms with Gasteiger partial charge in [-0.15, -0.1) is 11.3 Å². The lowest BCUT2D eigenvalue weighted by atomic mass is 10.2. The van der Waals surface area contributed by atoms with E-state index in [1.54, 1.807) is 25.3 Å². The maximum Gasteiger partial charge on any atom is 0.152 e. The fourth-order valence-corrected chi connectivity index (χ4v) is 2.19. The summed E-state index contributed by atoms with van der Waals surface area (Å²) in [7, 11) is 1.58. The highest BCUT2D eigenvalue weighted by Gasteiger charge is 2.10. The van der Waals surface area contributed by atoms with Crippen LogP contribution < -0.4 is 4.74 Å². The Hall–Kier alpha value is -1.73. The van der Waals surface area contributed by atoms with Crippen LogP contribution in [0.15, 0.2) is 18.2 Å². The molecular formula is C10H7NO2S. The van der Waals surface area contributed by atoms with Crippen LogP contribution in [-0.2, 0) is 0 Å². The smallest absolute Gasteiger partial charge is 0.152 e. The average Bonchev–Trinajstić information content (AvgIpc) is 2.55. The van der Waals surface area contributed by atoms with Crippen LogP contribution in [0, 0.1) is 11.3 Å². The lowest BCUT2D eigenvalue weighted by Crippen LogP contribution is -1.79. The lowest BCUT2D eigenvalue weighted by molar-refractivity contribution is 0.415. The largest absolute Gasteiger partial charge is 0.505 e. The molecule has 0 saturated carbocycles. The van der Waals surface area contributed by atoms with E-state index in [4.69, 9.17) is 10.00 Å². The van der Waals surface area contributed by atoms with Gasteiger partial charge in [-0.2, -0.15) is 5.26 Å². The number of thiophene rings is 1. The van der Waals surface area contributed by atoms with Crippen molar-refractivity contribution in [2.45, 2.75) is 0 Å². The third-order valence-electron chi connectivity index (χ3n) is 1.97. The van der Waals surface area contributed by atoms with Crippen molar-refractivity contribution >= 4 is 21.4 Å². The van der Waals surface area contributed by atoms with Crippen LogP contribution in [0.4, 0.5) is 0 Å². The second kappa shape index (κ2) is 3.20. The molecule has 1 N–H and O–H groups in total. The summed E-state index contributed by atoms with van der Waals surface area (Å²) < 4.78 is 5.91. The van der Waals surface area contributed by atoms with Gasteiger partial charge < -0.3 is 9.84 Å². The number of aromatic hydroxyl groups is 1. The lowest BCUT2D eigenvalue weighted by Gasteiger charge is -1.97. The summed E-state index contributed by atoms with van der Waals surface area (Å²) in [6.07, 6.45) is 0. The molecule has 0 bridgehead atoms. The number of hydrogen-bond acceptors (Lipinski definition) is 4. The number of benzene rings is 1. The summed E-state index contributed by atoms with van der Waals surface area (Å²) in [5.41, 5.74) is 0. The molecule has 0 atom stereocenters. The number of methoxy groups -OCH3 is 1. The first-order valence-corrected chi connectivity index (χ1v) is 4.77. The Morgan fingerprint density at radius 1 is 1.50 bits per heavy atom. The molecule has 2 rings (SSSR count). The zero-order chi connectivity index (χ0) is 10.1. The van der Waals surface area contributed by atoms with E-state index in [0.717, 1.165) is 10.4 Å². The summed E-state index contributed by atoms with van der Waals surface area (Å²) in [6, 6.07) is 7.27. The van der Waals surface area contributed by atoms with Gasteiger partial charge >= 0.3 is 0 Å².